The lowest BCUT2D eigenvalue weighted by molar-refractivity contribution is 0.0607. The summed E-state index contributed by atoms with van der Waals surface area (Å²) in [5.41, 5.74) is 1.33. The van der Waals surface area contributed by atoms with E-state index in [4.69, 9.17) is 11.6 Å². The molecule has 0 aliphatic heterocycles. The van der Waals surface area contributed by atoms with Crippen molar-refractivity contribution in [2.75, 3.05) is 12.4 Å². The van der Waals surface area contributed by atoms with Crippen molar-refractivity contribution in [2.24, 2.45) is 0 Å². The maximum Gasteiger partial charge on any atom is 0.350 e. The summed E-state index contributed by atoms with van der Waals surface area (Å²) >= 11 is 6.98. The predicted molar refractivity (Wildman–Crippen MR) is 102 cm³/mol. The van der Waals surface area contributed by atoms with Gasteiger partial charge in [0.25, 0.3) is 11.8 Å². The lowest BCUT2D eigenvalue weighted by Gasteiger charge is -2.04. The average molecular weight is 404 g/mol. The van der Waals surface area contributed by atoms with E-state index in [1.165, 1.54) is 13.3 Å². The van der Waals surface area contributed by atoms with Crippen molar-refractivity contribution in [1.29, 1.82) is 0 Å². The first-order valence-corrected chi connectivity index (χ1v) is 9.00. The van der Waals surface area contributed by atoms with Gasteiger partial charge in [0, 0.05) is 16.8 Å². The van der Waals surface area contributed by atoms with E-state index in [1.54, 1.807) is 42.6 Å². The molecule has 1 N–H and O–H groups in total. The Hall–Kier alpha value is -2.97. The number of nitrogens with zero attached hydrogens (tertiary/aromatic N) is 2. The molecule has 2 heterocycles. The Bertz CT molecular complexity index is 1020. The fraction of sp³-hybridized carbons (Fsp3) is 0.111. The first-order chi connectivity index (χ1) is 12.9. The van der Waals surface area contributed by atoms with E-state index in [2.05, 4.69) is 15.2 Å². The molecular formula is C18H14ClN3O4S. The number of hydrogen-bond acceptors (Lipinski definition) is 6. The van der Waals surface area contributed by atoms with Crippen LogP contribution in [0.5, 0.6) is 0 Å². The van der Waals surface area contributed by atoms with E-state index < -0.39 is 11.9 Å². The summed E-state index contributed by atoms with van der Waals surface area (Å²) in [7, 11) is 1.27. The van der Waals surface area contributed by atoms with E-state index in [0.717, 1.165) is 16.0 Å². The molecule has 7 nitrogen and oxygen atoms in total. The van der Waals surface area contributed by atoms with Crippen LogP contribution in [-0.4, -0.2) is 34.7 Å². The minimum absolute atomic E-state index is 0.222. The van der Waals surface area contributed by atoms with Gasteiger partial charge in [-0.1, -0.05) is 11.6 Å². The van der Waals surface area contributed by atoms with Gasteiger partial charge in [0.2, 0.25) is 0 Å². The summed E-state index contributed by atoms with van der Waals surface area (Å²) in [6, 6.07) is 7.96. The van der Waals surface area contributed by atoms with Crippen LogP contribution in [0.4, 0.5) is 5.69 Å². The molecule has 0 saturated carbocycles. The third-order valence-corrected chi connectivity index (χ3v) is 4.87. The molecule has 27 heavy (non-hydrogen) atoms. The first kappa shape index (κ1) is 18.8. The Morgan fingerprint density at radius 2 is 1.89 bits per heavy atom. The van der Waals surface area contributed by atoms with Gasteiger partial charge in [-0.3, -0.25) is 9.59 Å². The van der Waals surface area contributed by atoms with Crippen molar-refractivity contribution in [1.82, 2.24) is 9.78 Å². The minimum Gasteiger partial charge on any atom is -0.465 e. The highest BCUT2D eigenvalue weighted by molar-refractivity contribution is 7.12. The van der Waals surface area contributed by atoms with Crippen LogP contribution in [-0.2, 0) is 4.74 Å². The summed E-state index contributed by atoms with van der Waals surface area (Å²) in [6.07, 6.45) is 1.35. The number of aromatic nitrogens is 2. The number of nitrogens with one attached hydrogen (secondary N) is 1. The zero-order chi connectivity index (χ0) is 19.6. The first-order valence-electron chi connectivity index (χ1n) is 7.74. The molecule has 9 heteroatoms. The molecule has 3 rings (SSSR count). The van der Waals surface area contributed by atoms with Crippen LogP contribution in [0, 0.1) is 6.92 Å². The Kier molecular flexibility index (Phi) is 5.38. The molecule has 0 spiro atoms. The molecule has 0 bridgehead atoms. The second-order valence-corrected chi connectivity index (χ2v) is 6.85. The third-order valence-electron chi connectivity index (χ3n) is 3.73. The standard InChI is InChI=1S/C18H14ClN3O4S/c1-10-13(16(23)20-14-7-8-27-15(14)18(25)26-2)9-22(21-10)17(24)11-3-5-12(19)6-4-11/h3-9H,1-2H3,(H,20,23). The minimum atomic E-state index is -0.536. The van der Waals surface area contributed by atoms with E-state index >= 15 is 0 Å². The molecule has 138 valence electrons. The van der Waals surface area contributed by atoms with Crippen LogP contribution in [0.25, 0.3) is 0 Å². The lowest BCUT2D eigenvalue weighted by atomic mass is 10.2. The maximum atomic E-state index is 12.6. The average Bonchev–Trinajstić information content (AvgIpc) is 3.27. The Labute approximate surface area is 163 Å². The number of carbonyl (C=O) groups is 3. The van der Waals surface area contributed by atoms with Crippen LogP contribution in [0.2, 0.25) is 5.02 Å². The van der Waals surface area contributed by atoms with E-state index in [1.807, 2.05) is 0 Å². The van der Waals surface area contributed by atoms with Gasteiger partial charge in [-0.25, -0.2) is 9.48 Å². The molecule has 0 aliphatic rings. The number of anilines is 1. The lowest BCUT2D eigenvalue weighted by Crippen LogP contribution is -2.15. The van der Waals surface area contributed by atoms with Crippen LogP contribution in [0.15, 0.2) is 41.9 Å². The molecule has 0 aliphatic carbocycles. The predicted octanol–water partition coefficient (Wildman–Crippen LogP) is 3.63. The summed E-state index contributed by atoms with van der Waals surface area (Å²) < 4.78 is 5.79. The Balaban J connectivity index is 1.83. The van der Waals surface area contributed by atoms with Crippen molar-refractivity contribution in [3.63, 3.8) is 0 Å². The number of esters is 1. The van der Waals surface area contributed by atoms with E-state index in [0.29, 0.717) is 22.0 Å². The van der Waals surface area contributed by atoms with Crippen LogP contribution < -0.4 is 5.32 Å². The number of amides is 1. The number of ether oxygens (including phenoxy) is 1. The van der Waals surface area contributed by atoms with Crippen LogP contribution >= 0.6 is 22.9 Å². The molecule has 1 amide bonds. The fourth-order valence-electron chi connectivity index (χ4n) is 2.36. The highest BCUT2D eigenvalue weighted by Crippen LogP contribution is 2.24. The van der Waals surface area contributed by atoms with Gasteiger partial charge < -0.3 is 10.1 Å². The number of hydrogen-bond donors (Lipinski definition) is 1. The summed E-state index contributed by atoms with van der Waals surface area (Å²) in [5.74, 6) is -1.41. The summed E-state index contributed by atoms with van der Waals surface area (Å²) in [4.78, 5) is 37.1. The molecule has 3 aromatic rings. The highest BCUT2D eigenvalue weighted by atomic mass is 35.5. The number of thiophene rings is 1. The molecule has 0 radical (unpaired) electrons. The SMILES string of the molecule is COC(=O)c1sccc1NC(=O)c1cn(C(=O)c2ccc(Cl)cc2)nc1C. The fourth-order valence-corrected chi connectivity index (χ4v) is 3.25. The van der Waals surface area contributed by atoms with Crippen LogP contribution in [0.3, 0.4) is 0 Å². The smallest absolute Gasteiger partial charge is 0.350 e. The molecular weight excluding hydrogens is 390 g/mol. The number of aryl methyl sites for hydroxylation is 1. The molecule has 0 unspecified atom stereocenters. The largest absolute Gasteiger partial charge is 0.465 e. The van der Waals surface area contributed by atoms with Gasteiger partial charge in [-0.2, -0.15) is 5.10 Å². The quantitative estimate of drug-likeness (QED) is 0.672. The highest BCUT2D eigenvalue weighted by Gasteiger charge is 2.20. The monoisotopic (exact) mass is 403 g/mol. The second-order valence-electron chi connectivity index (χ2n) is 5.49. The number of carbonyl (C=O) groups excluding carboxylic acids is 3. The normalized spacial score (nSPS) is 10.5. The van der Waals surface area contributed by atoms with Gasteiger partial charge in [0.1, 0.15) is 4.88 Å². The van der Waals surface area contributed by atoms with Crippen molar-refractivity contribution in [3.05, 3.63) is 68.6 Å². The van der Waals surface area contributed by atoms with Crippen LogP contribution in [0.1, 0.15) is 36.1 Å². The van der Waals surface area contributed by atoms with Gasteiger partial charge in [0.05, 0.1) is 24.1 Å². The second kappa shape index (κ2) is 7.73. The van der Waals surface area contributed by atoms with Crippen molar-refractivity contribution >= 4 is 46.4 Å². The summed E-state index contributed by atoms with van der Waals surface area (Å²) in [5, 5.41) is 8.95. The van der Waals surface area contributed by atoms with E-state index in [9.17, 15) is 14.4 Å². The number of halogens is 1. The van der Waals surface area contributed by atoms with Crippen molar-refractivity contribution in [3.8, 4) is 0 Å². The number of rotatable bonds is 4. The van der Waals surface area contributed by atoms with E-state index in [-0.39, 0.29) is 16.3 Å². The maximum absolute atomic E-state index is 12.6. The number of benzene rings is 1. The van der Waals surface area contributed by atoms with Gasteiger partial charge in [-0.05, 0) is 42.6 Å². The number of methoxy groups -OCH3 is 1. The van der Waals surface area contributed by atoms with Crippen molar-refractivity contribution < 1.29 is 19.1 Å². The zero-order valence-electron chi connectivity index (χ0n) is 14.4. The topological polar surface area (TPSA) is 90.3 Å². The third kappa shape index (κ3) is 3.91. The van der Waals surface area contributed by atoms with Gasteiger partial charge in [0.15, 0.2) is 0 Å². The molecule has 2 aromatic heterocycles. The molecule has 0 fully saturated rings. The Morgan fingerprint density at radius 1 is 1.19 bits per heavy atom. The molecule has 0 atom stereocenters. The molecule has 1 aromatic carbocycles. The molecule has 0 saturated heterocycles. The van der Waals surface area contributed by atoms with Crippen molar-refractivity contribution in [2.45, 2.75) is 6.92 Å². The Morgan fingerprint density at radius 3 is 2.56 bits per heavy atom. The van der Waals surface area contributed by atoms with Gasteiger partial charge in [-0.15, -0.1) is 11.3 Å². The summed E-state index contributed by atoms with van der Waals surface area (Å²) in [6.45, 7) is 1.62. The zero-order valence-corrected chi connectivity index (χ0v) is 15.9. The van der Waals surface area contributed by atoms with Gasteiger partial charge >= 0.3 is 5.97 Å².